The summed E-state index contributed by atoms with van der Waals surface area (Å²) < 4.78 is 30.9. The van der Waals surface area contributed by atoms with Gasteiger partial charge in [-0.3, -0.25) is 0 Å². The van der Waals surface area contributed by atoms with Crippen LogP contribution >= 0.6 is 11.6 Å². The average Bonchev–Trinajstić information content (AvgIpc) is 2.27. The number of nitrogens with two attached hydrogens (primary N) is 1. The van der Waals surface area contributed by atoms with Gasteiger partial charge in [-0.2, -0.15) is 0 Å². The quantitative estimate of drug-likeness (QED) is 0.795. The van der Waals surface area contributed by atoms with Gasteiger partial charge in [-0.1, -0.05) is 18.2 Å². The minimum Gasteiger partial charge on any atom is -0.495 e. The summed E-state index contributed by atoms with van der Waals surface area (Å²) >= 11 is 5.49. The van der Waals surface area contributed by atoms with Gasteiger partial charge in [0.2, 0.25) is 10.0 Å². The molecule has 1 rings (SSSR count). The van der Waals surface area contributed by atoms with Crippen molar-refractivity contribution < 1.29 is 13.2 Å². The lowest BCUT2D eigenvalue weighted by Crippen LogP contribution is -2.24. The van der Waals surface area contributed by atoms with Crippen LogP contribution in [-0.4, -0.2) is 22.1 Å². The van der Waals surface area contributed by atoms with Crippen LogP contribution in [0.25, 0.3) is 0 Å². The molecule has 0 fully saturated rings. The maximum absolute atomic E-state index is 11.8. The van der Waals surface area contributed by atoms with Crippen molar-refractivity contribution >= 4 is 27.3 Å². The first-order valence-corrected chi connectivity index (χ1v) is 6.49. The number of rotatable bonds is 5. The summed E-state index contributed by atoms with van der Waals surface area (Å²) in [5.74, 6) is 0.303. The molecule has 0 bridgehead atoms. The predicted molar refractivity (Wildman–Crippen MR) is 67.6 cm³/mol. The van der Waals surface area contributed by atoms with Gasteiger partial charge in [0.1, 0.15) is 5.75 Å². The van der Waals surface area contributed by atoms with E-state index in [1.165, 1.54) is 25.3 Å². The number of nitrogen functional groups attached to an aromatic ring is 1. The van der Waals surface area contributed by atoms with E-state index in [2.05, 4.69) is 11.3 Å². The molecule has 1 aromatic rings. The maximum Gasteiger partial charge on any atom is 0.241 e. The summed E-state index contributed by atoms with van der Waals surface area (Å²) in [5.41, 5.74) is 5.96. The zero-order valence-corrected chi connectivity index (χ0v) is 10.8. The Bertz CT molecular complexity index is 528. The Balaban J connectivity index is 3.03. The third-order valence-corrected chi connectivity index (χ3v) is 3.50. The van der Waals surface area contributed by atoms with Crippen molar-refractivity contribution in [2.24, 2.45) is 0 Å². The van der Waals surface area contributed by atoms with Crippen LogP contribution in [0.4, 0.5) is 5.69 Å². The molecule has 17 heavy (non-hydrogen) atoms. The fourth-order valence-electron chi connectivity index (χ4n) is 1.12. The zero-order valence-electron chi connectivity index (χ0n) is 9.23. The smallest absolute Gasteiger partial charge is 0.241 e. The molecule has 0 amide bonds. The van der Waals surface area contributed by atoms with Crippen LogP contribution in [0, 0.1) is 0 Å². The summed E-state index contributed by atoms with van der Waals surface area (Å²) in [4.78, 5) is 0.0569. The second-order valence-electron chi connectivity index (χ2n) is 3.25. The number of hydrogen-bond acceptors (Lipinski definition) is 4. The van der Waals surface area contributed by atoms with Crippen LogP contribution in [0.1, 0.15) is 0 Å². The largest absolute Gasteiger partial charge is 0.495 e. The molecule has 0 spiro atoms. The summed E-state index contributed by atoms with van der Waals surface area (Å²) in [6, 6.07) is 4.19. The lowest BCUT2D eigenvalue weighted by atomic mass is 10.3. The number of ether oxygens (including phenoxy) is 1. The second kappa shape index (κ2) is 5.39. The molecule has 1 aromatic carbocycles. The molecular formula is C10H13ClN2O3S. The normalized spacial score (nSPS) is 11.2. The van der Waals surface area contributed by atoms with Crippen LogP contribution in [0.3, 0.4) is 0 Å². The molecular weight excluding hydrogens is 264 g/mol. The number of halogens is 1. The third kappa shape index (κ3) is 3.62. The van der Waals surface area contributed by atoms with E-state index in [9.17, 15) is 8.42 Å². The van der Waals surface area contributed by atoms with Crippen molar-refractivity contribution in [1.29, 1.82) is 0 Å². The Morgan fingerprint density at radius 3 is 2.76 bits per heavy atom. The number of methoxy groups -OCH3 is 1. The molecule has 0 unspecified atom stereocenters. The van der Waals surface area contributed by atoms with Gasteiger partial charge in [0.25, 0.3) is 0 Å². The van der Waals surface area contributed by atoms with Gasteiger partial charge >= 0.3 is 0 Å². The molecule has 0 aliphatic rings. The fourth-order valence-corrected chi connectivity index (χ4v) is 2.30. The summed E-state index contributed by atoms with van der Waals surface area (Å²) in [6.07, 6.45) is 0. The standard InChI is InChI=1S/C10H13ClN2O3S/c1-7(11)6-13-17(14,15)8-3-4-9(12)10(5-8)16-2/h3-5,13H,1,6,12H2,2H3. The van der Waals surface area contributed by atoms with Gasteiger partial charge in [-0.15, -0.1) is 0 Å². The summed E-state index contributed by atoms with van der Waals surface area (Å²) in [6.45, 7) is 3.36. The van der Waals surface area contributed by atoms with E-state index in [1.807, 2.05) is 0 Å². The first-order chi connectivity index (χ1) is 7.86. The average molecular weight is 277 g/mol. The van der Waals surface area contributed by atoms with Crippen molar-refractivity contribution in [2.75, 3.05) is 19.4 Å². The first-order valence-electron chi connectivity index (χ1n) is 4.63. The minimum atomic E-state index is -3.64. The topological polar surface area (TPSA) is 81.4 Å². The fraction of sp³-hybridized carbons (Fsp3) is 0.200. The monoisotopic (exact) mass is 276 g/mol. The molecule has 7 heteroatoms. The van der Waals surface area contributed by atoms with Crippen LogP contribution in [0.15, 0.2) is 34.7 Å². The third-order valence-electron chi connectivity index (χ3n) is 1.97. The SMILES string of the molecule is C=C(Cl)CNS(=O)(=O)c1ccc(N)c(OC)c1. The van der Waals surface area contributed by atoms with E-state index in [0.29, 0.717) is 11.4 Å². The minimum absolute atomic E-state index is 0.0312. The molecule has 94 valence electrons. The lowest BCUT2D eigenvalue weighted by Gasteiger charge is -2.09. The molecule has 5 nitrogen and oxygen atoms in total. The highest BCUT2D eigenvalue weighted by Gasteiger charge is 2.15. The zero-order chi connectivity index (χ0) is 13.1. The van der Waals surface area contributed by atoms with Crippen molar-refractivity contribution in [3.8, 4) is 5.75 Å². The Labute approximate surface area is 105 Å². The Morgan fingerprint density at radius 2 is 2.24 bits per heavy atom. The van der Waals surface area contributed by atoms with Crippen molar-refractivity contribution in [2.45, 2.75) is 4.90 Å². The molecule has 0 aromatic heterocycles. The van der Waals surface area contributed by atoms with Gasteiger partial charge in [0.05, 0.1) is 17.7 Å². The van der Waals surface area contributed by atoms with Crippen LogP contribution < -0.4 is 15.2 Å². The Hall–Kier alpha value is -1.24. The van der Waals surface area contributed by atoms with Gasteiger partial charge in [0.15, 0.2) is 0 Å². The van der Waals surface area contributed by atoms with E-state index in [-0.39, 0.29) is 16.5 Å². The van der Waals surface area contributed by atoms with Crippen molar-refractivity contribution in [1.82, 2.24) is 4.72 Å². The maximum atomic E-state index is 11.8. The molecule has 0 radical (unpaired) electrons. The first kappa shape index (κ1) is 13.8. The number of hydrogen-bond donors (Lipinski definition) is 2. The van der Waals surface area contributed by atoms with E-state index >= 15 is 0 Å². The predicted octanol–water partition coefficient (Wildman–Crippen LogP) is 1.31. The summed E-state index contributed by atoms with van der Waals surface area (Å²) in [5, 5.41) is 0.205. The number of benzene rings is 1. The van der Waals surface area contributed by atoms with Gasteiger partial charge in [-0.25, -0.2) is 13.1 Å². The van der Waals surface area contributed by atoms with Gasteiger partial charge < -0.3 is 10.5 Å². The Kier molecular flexibility index (Phi) is 4.39. The van der Waals surface area contributed by atoms with Crippen LogP contribution in [0.5, 0.6) is 5.75 Å². The highest BCUT2D eigenvalue weighted by molar-refractivity contribution is 7.89. The number of anilines is 1. The summed E-state index contributed by atoms with van der Waals surface area (Å²) in [7, 11) is -2.22. The van der Waals surface area contributed by atoms with Crippen molar-refractivity contribution in [3.63, 3.8) is 0 Å². The second-order valence-corrected chi connectivity index (χ2v) is 5.55. The molecule has 0 heterocycles. The van der Waals surface area contributed by atoms with Gasteiger partial charge in [-0.05, 0) is 12.1 Å². The van der Waals surface area contributed by atoms with E-state index in [4.69, 9.17) is 22.1 Å². The number of nitrogens with one attached hydrogen (secondary N) is 1. The van der Waals surface area contributed by atoms with Crippen molar-refractivity contribution in [3.05, 3.63) is 29.8 Å². The molecule has 0 saturated heterocycles. The highest BCUT2D eigenvalue weighted by atomic mass is 35.5. The molecule has 0 saturated carbocycles. The van der Waals surface area contributed by atoms with Gasteiger partial charge in [0, 0.05) is 17.6 Å². The van der Waals surface area contributed by atoms with Crippen LogP contribution in [-0.2, 0) is 10.0 Å². The van der Waals surface area contributed by atoms with Crippen LogP contribution in [0.2, 0.25) is 0 Å². The molecule has 0 aliphatic carbocycles. The van der Waals surface area contributed by atoms with E-state index < -0.39 is 10.0 Å². The lowest BCUT2D eigenvalue weighted by molar-refractivity contribution is 0.415. The van der Waals surface area contributed by atoms with E-state index in [0.717, 1.165) is 0 Å². The Morgan fingerprint density at radius 1 is 1.59 bits per heavy atom. The molecule has 3 N–H and O–H groups in total. The number of sulfonamides is 1. The molecule has 0 aliphatic heterocycles. The molecule has 0 atom stereocenters. The van der Waals surface area contributed by atoms with E-state index in [1.54, 1.807) is 0 Å². The highest BCUT2D eigenvalue weighted by Crippen LogP contribution is 2.24.